The van der Waals surface area contributed by atoms with Crippen LogP contribution < -0.4 is 0 Å². The van der Waals surface area contributed by atoms with Crippen LogP contribution in [0.25, 0.3) is 51.6 Å². The third-order valence-corrected chi connectivity index (χ3v) is 21.0. The normalized spacial score (nSPS) is 31.2. The molecule has 20 heteroatoms. The first-order chi connectivity index (χ1) is 45.2. The van der Waals surface area contributed by atoms with Crippen LogP contribution >= 0.6 is 47.3 Å². The highest BCUT2D eigenvalue weighted by Gasteiger charge is 2.68. The molecule has 6 fully saturated rings. The van der Waals surface area contributed by atoms with Gasteiger partial charge in [-0.25, -0.2) is 13.2 Å². The number of methoxy groups -OCH3 is 1. The van der Waals surface area contributed by atoms with Crippen LogP contribution in [-0.4, -0.2) is 78.5 Å². The van der Waals surface area contributed by atoms with Gasteiger partial charge in [-0.3, -0.25) is 38.9 Å². The van der Waals surface area contributed by atoms with E-state index in [0.29, 0.717) is 36.3 Å². The van der Waals surface area contributed by atoms with Crippen molar-refractivity contribution in [3.05, 3.63) is 181 Å². The van der Waals surface area contributed by atoms with Crippen LogP contribution in [0.5, 0.6) is 0 Å². The van der Waals surface area contributed by atoms with Crippen molar-refractivity contribution in [2.45, 2.75) is 99.9 Å². The molecule has 500 valence electrons. The van der Waals surface area contributed by atoms with Crippen LogP contribution in [-0.2, 0) is 42.9 Å². The molecule has 3 saturated heterocycles. The minimum Gasteiger partial charge on any atom is -0.480 e. The van der Waals surface area contributed by atoms with Crippen molar-refractivity contribution in [2.24, 2.45) is 87.8 Å². The monoisotopic (exact) mass is 1490 g/mol. The van der Waals surface area contributed by atoms with Crippen molar-refractivity contribution >= 4 is 98.5 Å². The molecular weight excluding hydrogens is 1410 g/mol. The molecule has 6 aromatic rings. The molecule has 3 saturated carbocycles. The third-order valence-electron chi connectivity index (χ3n) is 21.0. The van der Waals surface area contributed by atoms with Crippen molar-refractivity contribution in [2.75, 3.05) is 7.11 Å². The summed E-state index contributed by atoms with van der Waals surface area (Å²) in [5.74, 6) is -2.33. The Bertz CT molecular complexity index is 3810. The van der Waals surface area contributed by atoms with Crippen LogP contribution in [0, 0.1) is 105 Å². The van der Waals surface area contributed by atoms with Gasteiger partial charge >= 0.3 is 33.0 Å². The predicted molar refractivity (Wildman–Crippen MR) is 373 cm³/mol. The Hall–Kier alpha value is -7.03. The van der Waals surface area contributed by atoms with E-state index < -0.39 is 46.7 Å². The second kappa shape index (κ2) is 31.0. The lowest BCUT2D eigenvalue weighted by Gasteiger charge is -2.45. The summed E-state index contributed by atoms with van der Waals surface area (Å²) < 4.78 is 62.3. The number of ether oxygens (including phenoxy) is 4. The predicted octanol–water partition coefficient (Wildman–Crippen LogP) is 17.3. The standard InChI is InChI=1S/C26H28FNO4.C25H26FNO4.C24H26FNO2.BBr3/c1-15-13-26(24(29)31-4)23(17(3)32-25(26)30)22(16(15)2)11-10-21-9-8-19(14-28-21)18-6-5-7-20(27)12-18;1-14-12-25(23(28)29)22(16(3)31-24(25)30)21(15(14)2)10-9-20-8-7-18(13-27-20)17-5-4-6-19(26)11-17;1-14-11-22-23(16(3)28-24(22)27)21(15(14)2)10-9-20-8-7-18(13-26-20)17-5-4-6-19(25)12-17;2-1(3)4/h5-12,14-17,22-23H,13H2,1-4H3;4-11,13-16,21-22H,12H2,1-3H3,(H,28,29);4-10,12-16,21-23H,11H2,1-3H3;/b11-10+;2*10-9+;/t15-,16+,17+,22-,23-,26+;14-,15+,16+,21-,22+,25+;14-,15+,16+,21?,22+,23-;/m000./s1. The lowest BCUT2D eigenvalue weighted by Crippen LogP contribution is -2.52. The Morgan fingerprint density at radius 2 is 0.895 bits per heavy atom. The van der Waals surface area contributed by atoms with Crippen LogP contribution in [0.2, 0.25) is 0 Å². The van der Waals surface area contributed by atoms with E-state index in [0.717, 1.165) is 51.2 Å². The maximum atomic E-state index is 13.5. The van der Waals surface area contributed by atoms with Crippen molar-refractivity contribution in [3.63, 3.8) is 0 Å². The maximum absolute atomic E-state index is 13.5. The molecule has 3 aliphatic heterocycles. The molecule has 0 amide bonds. The van der Waals surface area contributed by atoms with Gasteiger partial charge in [0.1, 0.15) is 35.8 Å². The van der Waals surface area contributed by atoms with Crippen molar-refractivity contribution in [1.82, 2.24) is 15.0 Å². The second-order valence-corrected chi connectivity index (χ2v) is 32.9. The second-order valence-electron chi connectivity index (χ2n) is 26.5. The number of carbonyl (C=O) groups is 5. The molecule has 95 heavy (non-hydrogen) atoms. The fourth-order valence-corrected chi connectivity index (χ4v) is 15.7. The van der Waals surface area contributed by atoms with Gasteiger partial charge in [0.2, 0.25) is 0 Å². The average Bonchev–Trinajstić information content (AvgIpc) is 1.62. The maximum Gasteiger partial charge on any atom is 0.369 e. The highest BCUT2D eigenvalue weighted by molar-refractivity contribution is 9.69. The van der Waals surface area contributed by atoms with E-state index in [1.54, 1.807) is 43.7 Å². The minimum absolute atomic E-state index is 0.0131. The molecule has 1 N–H and O–H groups in total. The topological polar surface area (TPSA) is 181 Å². The number of hydrogen-bond donors (Lipinski definition) is 1. The SMILES string of the molecule is BrB(Br)Br.COC(=O)[C@@]12C[C@H](C)[C@@H](C)[C@H](/C=C/c3ccc(-c4cccc(F)c4)cn3)[C@@H]1[C@@H](C)OC2=O.C[C@H]1C[C@H]2C(=O)O[C@H](C)[C@H]2C(/C=C/c2ccc(-c3cccc(F)c3)cn2)[C@@H]1C.C[C@H]1[C@H](/C=C/c2ccc(-c3cccc(F)c3)cn2)[C@H]2[C@@H](C)OC(=O)[C@]2(C(=O)O)C[C@@H]1C. The molecule has 6 heterocycles. The number of cyclic esters (lactones) is 3. The average molecular weight is 1490 g/mol. The molecule has 6 aliphatic rings. The van der Waals surface area contributed by atoms with Gasteiger partial charge in [0.05, 0.1) is 30.1 Å². The highest BCUT2D eigenvalue weighted by Crippen LogP contribution is 2.58. The summed E-state index contributed by atoms with van der Waals surface area (Å²) in [6, 6.07) is 30.7. The summed E-state index contributed by atoms with van der Waals surface area (Å²) >= 11 is 9.31. The summed E-state index contributed by atoms with van der Waals surface area (Å²) in [4.78, 5) is 76.1. The number of halogens is 6. The van der Waals surface area contributed by atoms with E-state index in [-0.39, 0.29) is 92.1 Å². The van der Waals surface area contributed by atoms with Crippen molar-refractivity contribution in [1.29, 1.82) is 0 Å². The van der Waals surface area contributed by atoms with E-state index in [4.69, 9.17) is 18.9 Å². The number of fused-ring (bicyclic) bond motifs is 3. The molecule has 1 unspecified atom stereocenters. The van der Waals surface area contributed by atoms with Gasteiger partial charge < -0.3 is 24.1 Å². The molecule has 12 rings (SSSR count). The molecule has 3 aromatic heterocycles. The minimum atomic E-state index is -1.49. The number of pyridine rings is 3. The number of hydrogen-bond acceptors (Lipinski definition) is 12. The number of aromatic nitrogens is 3. The summed E-state index contributed by atoms with van der Waals surface area (Å²) in [5.41, 5.74) is 4.43. The summed E-state index contributed by atoms with van der Waals surface area (Å²) in [7, 11) is 1.32. The van der Waals surface area contributed by atoms with Crippen LogP contribution in [0.1, 0.15) is 98.7 Å². The Morgan fingerprint density at radius 3 is 1.26 bits per heavy atom. The van der Waals surface area contributed by atoms with Crippen LogP contribution in [0.3, 0.4) is 0 Å². The number of carboxylic acid groups (broad SMARTS) is 1. The first-order valence-corrected chi connectivity index (χ1v) is 35.0. The van der Waals surface area contributed by atoms with Gasteiger partial charge in [0.25, 0.3) is 0 Å². The number of nitrogens with zero attached hydrogens (tertiary/aromatic N) is 3. The fourth-order valence-electron chi connectivity index (χ4n) is 15.7. The lowest BCUT2D eigenvalue weighted by molar-refractivity contribution is -0.170. The largest absolute Gasteiger partial charge is 0.480 e. The number of carboxylic acids is 1. The van der Waals surface area contributed by atoms with E-state index in [1.807, 2.05) is 106 Å². The van der Waals surface area contributed by atoms with Gasteiger partial charge in [-0.05, 0) is 183 Å². The van der Waals surface area contributed by atoms with Gasteiger partial charge in [0, 0.05) is 53.0 Å². The molecule has 0 radical (unpaired) electrons. The Balaban J connectivity index is 0.000000163. The van der Waals surface area contributed by atoms with E-state index >= 15 is 0 Å². The molecule has 0 spiro atoms. The van der Waals surface area contributed by atoms with E-state index in [1.165, 1.54) is 43.5 Å². The molecule has 18 atom stereocenters. The Kier molecular flexibility index (Phi) is 23.6. The van der Waals surface area contributed by atoms with Crippen molar-refractivity contribution < 1.29 is 61.2 Å². The lowest BCUT2D eigenvalue weighted by atomic mass is 9.55. The third kappa shape index (κ3) is 15.7. The molecular formula is C75H80BBr3F3N3O10. The van der Waals surface area contributed by atoms with E-state index in [9.17, 15) is 42.3 Å². The molecule has 0 bridgehead atoms. The zero-order valence-electron chi connectivity index (χ0n) is 54.8. The molecule has 3 aromatic carbocycles. The smallest absolute Gasteiger partial charge is 0.369 e. The van der Waals surface area contributed by atoms with Crippen LogP contribution in [0.4, 0.5) is 13.2 Å². The van der Waals surface area contributed by atoms with Gasteiger partial charge in [-0.15, -0.1) is 47.3 Å². The van der Waals surface area contributed by atoms with Gasteiger partial charge in [-0.1, -0.05) is 114 Å². The number of carbonyl (C=O) groups excluding carboxylic acids is 4. The Morgan fingerprint density at radius 1 is 0.526 bits per heavy atom. The van der Waals surface area contributed by atoms with Gasteiger partial charge in [-0.2, -0.15) is 0 Å². The van der Waals surface area contributed by atoms with Crippen LogP contribution in [0.15, 0.2) is 146 Å². The first kappa shape index (κ1) is 72.2. The summed E-state index contributed by atoms with van der Waals surface area (Å²) in [6.45, 7) is 18.4. The molecule has 3 aliphatic carbocycles. The van der Waals surface area contributed by atoms with Gasteiger partial charge in [0.15, 0.2) is 10.8 Å². The van der Waals surface area contributed by atoms with Crippen molar-refractivity contribution in [3.8, 4) is 33.4 Å². The van der Waals surface area contributed by atoms with E-state index in [2.05, 4.69) is 103 Å². The number of aliphatic carboxylic acids is 1. The first-order valence-electron chi connectivity index (χ1n) is 32.3. The zero-order valence-corrected chi connectivity index (χ0v) is 59.5. The number of benzene rings is 3. The summed E-state index contributed by atoms with van der Waals surface area (Å²) in [6.07, 6.45) is 18.0. The summed E-state index contributed by atoms with van der Waals surface area (Å²) in [5, 5.41) is 9.99. The fraction of sp³-hybridized carbons (Fsp3) is 0.413. The number of rotatable bonds is 11. The number of esters is 4. The Labute approximate surface area is 579 Å². The zero-order chi connectivity index (χ0) is 68.8. The quantitative estimate of drug-likeness (QED) is 0.0560. The molecule has 13 nitrogen and oxygen atoms in total. The highest BCUT2D eigenvalue weighted by atomic mass is 79.9. The number of allylic oxidation sites excluding steroid dienone is 3.